The molecule has 0 N–H and O–H groups in total. The van der Waals surface area contributed by atoms with E-state index in [4.69, 9.17) is 9.47 Å². The van der Waals surface area contributed by atoms with Gasteiger partial charge in [0.1, 0.15) is 11.5 Å². The van der Waals surface area contributed by atoms with Crippen LogP contribution in [0.3, 0.4) is 0 Å². The maximum absolute atomic E-state index is 13.2. The van der Waals surface area contributed by atoms with Crippen LogP contribution in [0.5, 0.6) is 11.5 Å². The van der Waals surface area contributed by atoms with Crippen LogP contribution < -0.4 is 9.47 Å². The Hall–Kier alpha value is -2.95. The van der Waals surface area contributed by atoms with Crippen LogP contribution in [0.15, 0.2) is 48.7 Å². The third-order valence-corrected chi connectivity index (χ3v) is 5.51. The maximum Gasteiger partial charge on any atom is 0.254 e. The monoisotopic (exact) mass is 364 g/mol. The summed E-state index contributed by atoms with van der Waals surface area (Å²) in [6, 6.07) is 13.8. The van der Waals surface area contributed by atoms with Crippen molar-refractivity contribution in [1.82, 2.24) is 9.47 Å². The molecule has 1 aliphatic rings. The van der Waals surface area contributed by atoms with E-state index in [9.17, 15) is 4.79 Å². The highest BCUT2D eigenvalue weighted by atomic mass is 16.5. The van der Waals surface area contributed by atoms with Gasteiger partial charge in [-0.15, -0.1) is 0 Å². The predicted octanol–water partition coefficient (Wildman–Crippen LogP) is 3.83. The Labute approximate surface area is 159 Å². The molecule has 1 aliphatic heterocycles. The summed E-state index contributed by atoms with van der Waals surface area (Å²) in [7, 11) is 5.34. The number of amides is 1. The van der Waals surface area contributed by atoms with Gasteiger partial charge in [0, 0.05) is 54.3 Å². The van der Waals surface area contributed by atoms with E-state index in [2.05, 4.69) is 0 Å². The first-order chi connectivity index (χ1) is 13.1. The van der Waals surface area contributed by atoms with Crippen molar-refractivity contribution in [1.29, 1.82) is 0 Å². The van der Waals surface area contributed by atoms with Crippen molar-refractivity contribution in [3.8, 4) is 11.5 Å². The molecule has 140 valence electrons. The molecule has 0 spiro atoms. The van der Waals surface area contributed by atoms with E-state index in [1.807, 2.05) is 65.2 Å². The topological polar surface area (TPSA) is 43.7 Å². The van der Waals surface area contributed by atoms with E-state index < -0.39 is 0 Å². The number of aryl methyl sites for hydroxylation is 1. The molecule has 0 aliphatic carbocycles. The van der Waals surface area contributed by atoms with Gasteiger partial charge in [0.15, 0.2) is 0 Å². The number of nitrogens with zero attached hydrogens (tertiary/aromatic N) is 2. The molecular formula is C22H24N2O3. The van der Waals surface area contributed by atoms with Crippen molar-refractivity contribution < 1.29 is 14.3 Å². The molecular weight excluding hydrogens is 340 g/mol. The van der Waals surface area contributed by atoms with Crippen LogP contribution in [0, 0.1) is 0 Å². The molecule has 0 saturated carbocycles. The van der Waals surface area contributed by atoms with Crippen LogP contribution in [0.2, 0.25) is 0 Å². The quantitative estimate of drug-likeness (QED) is 0.707. The molecule has 2 heterocycles. The molecule has 5 heteroatoms. The van der Waals surface area contributed by atoms with Crippen LogP contribution in [0.25, 0.3) is 10.9 Å². The molecule has 0 unspecified atom stereocenters. The van der Waals surface area contributed by atoms with Gasteiger partial charge in [0.25, 0.3) is 5.91 Å². The lowest BCUT2D eigenvalue weighted by atomic mass is 9.97. The molecule has 4 rings (SSSR count). The lowest BCUT2D eigenvalue weighted by Gasteiger charge is -2.19. The van der Waals surface area contributed by atoms with Crippen molar-refractivity contribution in [2.24, 2.45) is 7.05 Å². The van der Waals surface area contributed by atoms with Gasteiger partial charge >= 0.3 is 0 Å². The molecule has 0 radical (unpaired) electrons. The lowest BCUT2D eigenvalue weighted by Crippen LogP contribution is -2.28. The van der Waals surface area contributed by atoms with E-state index in [0.717, 1.165) is 46.5 Å². The molecule has 3 aromatic rings. The maximum atomic E-state index is 13.2. The predicted molar refractivity (Wildman–Crippen MR) is 106 cm³/mol. The smallest absolute Gasteiger partial charge is 0.254 e. The number of likely N-dealkylation sites (tertiary alicyclic amines) is 1. The van der Waals surface area contributed by atoms with Gasteiger partial charge in [-0.2, -0.15) is 0 Å². The third-order valence-electron chi connectivity index (χ3n) is 5.51. The fourth-order valence-corrected chi connectivity index (χ4v) is 4.02. The van der Waals surface area contributed by atoms with Gasteiger partial charge in [-0.1, -0.05) is 6.07 Å². The molecule has 1 aromatic heterocycles. The fourth-order valence-electron chi connectivity index (χ4n) is 4.02. The van der Waals surface area contributed by atoms with Gasteiger partial charge in [0.05, 0.1) is 14.2 Å². The average Bonchev–Trinajstić information content (AvgIpc) is 3.34. The van der Waals surface area contributed by atoms with Crippen LogP contribution in [0.4, 0.5) is 0 Å². The summed E-state index contributed by atoms with van der Waals surface area (Å²) in [5, 5.41) is 1.01. The Morgan fingerprint density at radius 3 is 2.74 bits per heavy atom. The number of aromatic nitrogens is 1. The van der Waals surface area contributed by atoms with Gasteiger partial charge in [-0.05, 0) is 42.8 Å². The largest absolute Gasteiger partial charge is 0.497 e. The van der Waals surface area contributed by atoms with Gasteiger partial charge in [-0.3, -0.25) is 4.79 Å². The SMILES string of the molecule is COc1ccc(OC)c([C@@H]2CCN(C(=O)c3cccc4c3ccn4C)C2)c1. The third kappa shape index (κ3) is 3.03. The highest BCUT2D eigenvalue weighted by Crippen LogP contribution is 2.36. The van der Waals surface area contributed by atoms with Gasteiger partial charge in [-0.25, -0.2) is 0 Å². The minimum absolute atomic E-state index is 0.0937. The number of carbonyl (C=O) groups is 1. The van der Waals surface area contributed by atoms with E-state index >= 15 is 0 Å². The summed E-state index contributed by atoms with van der Waals surface area (Å²) in [6.45, 7) is 1.43. The average molecular weight is 364 g/mol. The molecule has 1 amide bonds. The summed E-state index contributed by atoms with van der Waals surface area (Å²) in [5.74, 6) is 2.00. The first-order valence-electron chi connectivity index (χ1n) is 9.17. The van der Waals surface area contributed by atoms with Gasteiger partial charge in [0.2, 0.25) is 0 Å². The number of methoxy groups -OCH3 is 2. The minimum Gasteiger partial charge on any atom is -0.497 e. The van der Waals surface area contributed by atoms with E-state index in [-0.39, 0.29) is 11.8 Å². The second-order valence-electron chi connectivity index (χ2n) is 7.01. The number of hydrogen-bond acceptors (Lipinski definition) is 3. The van der Waals surface area contributed by atoms with Crippen LogP contribution >= 0.6 is 0 Å². The first-order valence-corrected chi connectivity index (χ1v) is 9.17. The van der Waals surface area contributed by atoms with Crippen LogP contribution in [-0.4, -0.2) is 42.7 Å². The Balaban J connectivity index is 1.60. The summed E-state index contributed by atoms with van der Waals surface area (Å²) < 4.78 is 12.9. The minimum atomic E-state index is 0.0937. The van der Waals surface area contributed by atoms with E-state index in [0.29, 0.717) is 6.54 Å². The molecule has 0 bridgehead atoms. The zero-order valence-electron chi connectivity index (χ0n) is 15.9. The first kappa shape index (κ1) is 17.5. The molecule has 1 atom stereocenters. The number of rotatable bonds is 4. The molecule has 1 fully saturated rings. The summed E-state index contributed by atoms with van der Waals surface area (Å²) in [4.78, 5) is 15.1. The molecule has 1 saturated heterocycles. The number of ether oxygens (including phenoxy) is 2. The van der Waals surface area contributed by atoms with Crippen molar-refractivity contribution in [2.75, 3.05) is 27.3 Å². The number of fused-ring (bicyclic) bond motifs is 1. The van der Waals surface area contributed by atoms with Gasteiger partial charge < -0.3 is 18.9 Å². The molecule has 5 nitrogen and oxygen atoms in total. The number of benzene rings is 2. The standard InChI is InChI=1S/C22H24N2O3/c1-23-11-10-17-18(5-4-6-20(17)23)22(25)24-12-9-15(14-24)19-13-16(26-2)7-8-21(19)27-3/h4-8,10-11,13,15H,9,12,14H2,1-3H3/t15-/m1/s1. The molecule has 27 heavy (non-hydrogen) atoms. The van der Waals surface area contributed by atoms with Crippen LogP contribution in [-0.2, 0) is 7.05 Å². The Morgan fingerprint density at radius 2 is 1.96 bits per heavy atom. The normalized spacial score (nSPS) is 16.7. The zero-order chi connectivity index (χ0) is 19.0. The van der Waals surface area contributed by atoms with Crippen molar-refractivity contribution >= 4 is 16.8 Å². The summed E-state index contributed by atoms with van der Waals surface area (Å²) in [6.07, 6.45) is 2.91. The Kier molecular flexibility index (Phi) is 4.52. The molecule has 2 aromatic carbocycles. The zero-order valence-corrected chi connectivity index (χ0v) is 15.9. The number of carbonyl (C=O) groups excluding carboxylic acids is 1. The second-order valence-corrected chi connectivity index (χ2v) is 7.01. The van der Waals surface area contributed by atoms with E-state index in [1.165, 1.54) is 0 Å². The van der Waals surface area contributed by atoms with Crippen molar-refractivity contribution in [3.63, 3.8) is 0 Å². The van der Waals surface area contributed by atoms with E-state index in [1.54, 1.807) is 14.2 Å². The highest BCUT2D eigenvalue weighted by Gasteiger charge is 2.30. The Bertz CT molecular complexity index is 992. The lowest BCUT2D eigenvalue weighted by molar-refractivity contribution is 0.0792. The number of hydrogen-bond donors (Lipinski definition) is 0. The van der Waals surface area contributed by atoms with Crippen molar-refractivity contribution in [2.45, 2.75) is 12.3 Å². The van der Waals surface area contributed by atoms with Crippen molar-refractivity contribution in [3.05, 3.63) is 59.8 Å². The second kappa shape index (κ2) is 6.99. The summed E-state index contributed by atoms with van der Waals surface area (Å²) in [5.41, 5.74) is 2.95. The van der Waals surface area contributed by atoms with Crippen LogP contribution in [0.1, 0.15) is 28.3 Å². The summed E-state index contributed by atoms with van der Waals surface area (Å²) >= 11 is 0. The fraction of sp³-hybridized carbons (Fsp3) is 0.318. The highest BCUT2D eigenvalue weighted by molar-refractivity contribution is 6.06. The Morgan fingerprint density at radius 1 is 1.11 bits per heavy atom.